The van der Waals surface area contributed by atoms with Crippen LogP contribution in [0.4, 0.5) is 11.4 Å². The van der Waals surface area contributed by atoms with Crippen LogP contribution in [-0.4, -0.2) is 6.04 Å². The van der Waals surface area contributed by atoms with E-state index in [9.17, 15) is 0 Å². The second-order valence-corrected chi connectivity index (χ2v) is 15.2. The molecule has 1 atom stereocenters. The third-order valence-electron chi connectivity index (χ3n) is 11.8. The minimum atomic E-state index is 0.0748. The largest absolute Gasteiger partial charge is 0.455 e. The van der Waals surface area contributed by atoms with Crippen molar-refractivity contribution < 1.29 is 4.42 Å². The van der Waals surface area contributed by atoms with Gasteiger partial charge in [-0.15, -0.1) is 0 Å². The molecular formula is C56H39NO. The summed E-state index contributed by atoms with van der Waals surface area (Å²) in [6, 6.07) is 72.2. The topological polar surface area (TPSA) is 16.4 Å². The number of benzene rings is 9. The van der Waals surface area contributed by atoms with Crippen molar-refractivity contribution in [2.24, 2.45) is 0 Å². The van der Waals surface area contributed by atoms with Gasteiger partial charge in [0.2, 0.25) is 0 Å². The maximum absolute atomic E-state index is 6.79. The molecule has 1 aliphatic rings. The molecule has 9 aromatic carbocycles. The van der Waals surface area contributed by atoms with Gasteiger partial charge in [-0.25, -0.2) is 0 Å². The quantitative estimate of drug-likeness (QED) is 0.162. The smallest absolute Gasteiger partial charge is 0.143 e. The average molecular weight is 742 g/mol. The Hall–Kier alpha value is -7.42. The minimum Gasteiger partial charge on any atom is -0.455 e. The molecule has 11 rings (SSSR count). The molecule has 0 bridgehead atoms. The van der Waals surface area contributed by atoms with Gasteiger partial charge in [-0.3, -0.25) is 0 Å². The number of nitrogens with zero attached hydrogens (tertiary/aromatic N) is 1. The van der Waals surface area contributed by atoms with E-state index in [0.29, 0.717) is 0 Å². The summed E-state index contributed by atoms with van der Waals surface area (Å²) in [5.41, 5.74) is 13.7. The van der Waals surface area contributed by atoms with Crippen molar-refractivity contribution in [3.63, 3.8) is 0 Å². The summed E-state index contributed by atoms with van der Waals surface area (Å²) in [4.78, 5) is 2.52. The van der Waals surface area contributed by atoms with Gasteiger partial charge < -0.3 is 9.32 Å². The molecule has 0 saturated carbocycles. The first kappa shape index (κ1) is 33.9. The SMILES string of the molecule is C1=CC(N(c2ccc(-c3cccc4ccccc34)cc2)c2ccccc2-c2cccc3c2oc2cc4ccccc4cc23)CC=C1c1cccc(-c2ccccc2)c1. The van der Waals surface area contributed by atoms with Crippen LogP contribution >= 0.6 is 0 Å². The Morgan fingerprint density at radius 2 is 1.07 bits per heavy atom. The number of hydrogen-bond donors (Lipinski definition) is 0. The highest BCUT2D eigenvalue weighted by molar-refractivity contribution is 6.14. The van der Waals surface area contributed by atoms with Gasteiger partial charge >= 0.3 is 0 Å². The molecule has 0 saturated heterocycles. The number of hydrogen-bond acceptors (Lipinski definition) is 2. The van der Waals surface area contributed by atoms with Gasteiger partial charge in [0.15, 0.2) is 0 Å². The molecule has 274 valence electrons. The zero-order chi connectivity index (χ0) is 38.4. The molecule has 0 N–H and O–H groups in total. The zero-order valence-corrected chi connectivity index (χ0v) is 31.9. The van der Waals surface area contributed by atoms with E-state index in [4.69, 9.17) is 4.42 Å². The number of anilines is 2. The van der Waals surface area contributed by atoms with Gasteiger partial charge in [-0.2, -0.15) is 0 Å². The third-order valence-corrected chi connectivity index (χ3v) is 11.8. The Labute approximate surface area is 338 Å². The van der Waals surface area contributed by atoms with Crippen LogP contribution in [0.3, 0.4) is 0 Å². The van der Waals surface area contributed by atoms with E-state index < -0.39 is 0 Å². The second-order valence-electron chi connectivity index (χ2n) is 15.2. The lowest BCUT2D eigenvalue weighted by molar-refractivity contribution is 0.670. The van der Waals surface area contributed by atoms with E-state index >= 15 is 0 Å². The van der Waals surface area contributed by atoms with E-state index in [2.05, 4.69) is 223 Å². The first-order valence-corrected chi connectivity index (χ1v) is 20.1. The Morgan fingerprint density at radius 1 is 0.431 bits per heavy atom. The van der Waals surface area contributed by atoms with E-state index in [0.717, 1.165) is 50.9 Å². The maximum Gasteiger partial charge on any atom is 0.143 e. The lowest BCUT2D eigenvalue weighted by Gasteiger charge is -2.35. The summed E-state index contributed by atoms with van der Waals surface area (Å²) in [5.74, 6) is 0. The molecule has 0 spiro atoms. The van der Waals surface area contributed by atoms with Gasteiger partial charge in [0.25, 0.3) is 0 Å². The van der Waals surface area contributed by atoms with Crippen molar-refractivity contribution in [3.8, 4) is 33.4 Å². The molecule has 1 heterocycles. The predicted molar refractivity (Wildman–Crippen MR) is 246 cm³/mol. The van der Waals surface area contributed by atoms with Crippen LogP contribution in [0.15, 0.2) is 223 Å². The van der Waals surface area contributed by atoms with Crippen molar-refractivity contribution in [1.82, 2.24) is 0 Å². The normalized spacial score (nSPS) is 14.0. The van der Waals surface area contributed by atoms with Crippen LogP contribution in [-0.2, 0) is 0 Å². The summed E-state index contributed by atoms with van der Waals surface area (Å²) < 4.78 is 6.79. The maximum atomic E-state index is 6.79. The van der Waals surface area contributed by atoms with E-state index in [1.807, 2.05) is 0 Å². The first-order chi connectivity index (χ1) is 28.7. The summed E-state index contributed by atoms with van der Waals surface area (Å²) >= 11 is 0. The first-order valence-electron chi connectivity index (χ1n) is 20.1. The Kier molecular flexibility index (Phi) is 8.33. The van der Waals surface area contributed by atoms with Crippen molar-refractivity contribution in [1.29, 1.82) is 0 Å². The lowest BCUT2D eigenvalue weighted by Crippen LogP contribution is -2.30. The molecule has 58 heavy (non-hydrogen) atoms. The number of fused-ring (bicyclic) bond motifs is 5. The van der Waals surface area contributed by atoms with Gasteiger partial charge in [-0.1, -0.05) is 182 Å². The van der Waals surface area contributed by atoms with E-state index in [-0.39, 0.29) is 6.04 Å². The molecule has 2 nitrogen and oxygen atoms in total. The summed E-state index contributed by atoms with van der Waals surface area (Å²) in [7, 11) is 0. The summed E-state index contributed by atoms with van der Waals surface area (Å²) in [5, 5.41) is 7.16. The van der Waals surface area contributed by atoms with E-state index in [1.54, 1.807) is 0 Å². The van der Waals surface area contributed by atoms with Gasteiger partial charge in [0, 0.05) is 33.3 Å². The van der Waals surface area contributed by atoms with Crippen LogP contribution in [0, 0.1) is 0 Å². The lowest BCUT2D eigenvalue weighted by atomic mass is 9.92. The highest BCUT2D eigenvalue weighted by atomic mass is 16.3. The standard InChI is InChI=1S/C56H39NO/c1-2-13-38(14-3-1)42-19-10-20-43(35-42)39-27-31-46(32-28-39)57(47-33-29-41(30-34-47)49-23-11-18-40-15-6-7-21-48(40)49)54-26-9-8-22-50(54)51-24-12-25-52-53-36-44-16-4-5-17-45(44)37-55(53)58-56(51)52/h1-31,33-37,46H,32H2. The Morgan fingerprint density at radius 3 is 1.91 bits per heavy atom. The van der Waals surface area contributed by atoms with Crippen LogP contribution < -0.4 is 4.90 Å². The van der Waals surface area contributed by atoms with Gasteiger partial charge in [0.1, 0.15) is 11.2 Å². The average Bonchev–Trinajstić information content (AvgIpc) is 3.67. The number of rotatable bonds is 7. The second kappa shape index (κ2) is 14.3. The molecule has 10 aromatic rings. The molecule has 0 aliphatic heterocycles. The fraction of sp³-hybridized carbons (Fsp3) is 0.0357. The molecule has 2 heteroatoms. The highest BCUT2D eigenvalue weighted by Crippen LogP contribution is 2.44. The van der Waals surface area contributed by atoms with Gasteiger partial charge in [-0.05, 0) is 97.8 Å². The molecule has 1 unspecified atom stereocenters. The number of para-hydroxylation sites is 2. The van der Waals surface area contributed by atoms with Crippen molar-refractivity contribution in [2.45, 2.75) is 12.5 Å². The summed E-state index contributed by atoms with van der Waals surface area (Å²) in [6.45, 7) is 0. The minimum absolute atomic E-state index is 0.0748. The summed E-state index contributed by atoms with van der Waals surface area (Å²) in [6.07, 6.45) is 7.94. The third kappa shape index (κ3) is 5.98. The van der Waals surface area contributed by atoms with E-state index in [1.165, 1.54) is 54.9 Å². The zero-order valence-electron chi connectivity index (χ0n) is 31.9. The van der Waals surface area contributed by atoms with Crippen molar-refractivity contribution in [3.05, 3.63) is 224 Å². The molecule has 0 radical (unpaired) electrons. The Bertz CT molecular complexity index is 3200. The number of allylic oxidation sites excluding steroid dienone is 2. The van der Waals surface area contributed by atoms with Crippen LogP contribution in [0.2, 0.25) is 0 Å². The number of furan rings is 1. The Balaban J connectivity index is 1.03. The molecule has 0 fully saturated rings. The monoisotopic (exact) mass is 741 g/mol. The highest BCUT2D eigenvalue weighted by Gasteiger charge is 2.25. The fourth-order valence-corrected chi connectivity index (χ4v) is 8.92. The molecular weight excluding hydrogens is 703 g/mol. The molecule has 0 amide bonds. The van der Waals surface area contributed by atoms with Crippen LogP contribution in [0.5, 0.6) is 0 Å². The molecule has 1 aromatic heterocycles. The molecule has 1 aliphatic carbocycles. The fourth-order valence-electron chi connectivity index (χ4n) is 8.92. The van der Waals surface area contributed by atoms with Crippen molar-refractivity contribution >= 4 is 60.4 Å². The van der Waals surface area contributed by atoms with Crippen molar-refractivity contribution in [2.75, 3.05) is 4.90 Å². The predicted octanol–water partition coefficient (Wildman–Crippen LogP) is 15.4. The van der Waals surface area contributed by atoms with Crippen LogP contribution in [0.1, 0.15) is 12.0 Å². The van der Waals surface area contributed by atoms with Crippen LogP contribution in [0.25, 0.3) is 82.4 Å². The van der Waals surface area contributed by atoms with Gasteiger partial charge in [0.05, 0.1) is 6.04 Å².